The van der Waals surface area contributed by atoms with Gasteiger partial charge >= 0.3 is 11.9 Å². The number of nitrogens with one attached hydrogen (secondary N) is 1. The van der Waals surface area contributed by atoms with Crippen molar-refractivity contribution in [2.75, 3.05) is 13.7 Å². The zero-order valence-corrected chi connectivity index (χ0v) is 35.3. The van der Waals surface area contributed by atoms with Crippen LogP contribution in [0.25, 0.3) is 0 Å². The van der Waals surface area contributed by atoms with Crippen LogP contribution >= 0.6 is 22.6 Å². The Kier molecular flexibility index (Phi) is 11.2. The summed E-state index contributed by atoms with van der Waals surface area (Å²) in [4.78, 5) is 65.2. The number of aliphatic hydroxyl groups is 1. The Morgan fingerprint density at radius 2 is 1.62 bits per heavy atom. The molecule has 0 aromatic heterocycles. The van der Waals surface area contributed by atoms with E-state index in [4.69, 9.17) is 23.8 Å². The molecule has 0 radical (unpaired) electrons. The first-order chi connectivity index (χ1) is 27.7. The second-order valence-electron chi connectivity index (χ2n) is 17.2. The molecule has 3 aromatic rings. The lowest BCUT2D eigenvalue weighted by Gasteiger charge is -2.50. The van der Waals surface area contributed by atoms with E-state index in [2.05, 4.69) is 40.0 Å². The molecule has 2 aliphatic carbocycles. The van der Waals surface area contributed by atoms with Gasteiger partial charge < -0.3 is 34.3 Å². The molecule has 2 amide bonds. The Morgan fingerprint density at radius 3 is 2.28 bits per heavy atom. The van der Waals surface area contributed by atoms with Gasteiger partial charge in [0.15, 0.2) is 11.8 Å². The van der Waals surface area contributed by atoms with Crippen molar-refractivity contribution in [2.45, 2.75) is 120 Å². The lowest BCUT2D eigenvalue weighted by atomic mass is 9.62. The van der Waals surface area contributed by atoms with Crippen molar-refractivity contribution in [2.24, 2.45) is 5.41 Å². The molecular weight excluding hydrogens is 857 g/mol. The summed E-state index contributed by atoms with van der Waals surface area (Å²) in [6.07, 6.45) is -1.87. The first-order valence-corrected chi connectivity index (χ1v) is 21.0. The van der Waals surface area contributed by atoms with E-state index in [0.29, 0.717) is 12.8 Å². The summed E-state index contributed by atoms with van der Waals surface area (Å²) < 4.78 is 26.4. The van der Waals surface area contributed by atoms with Crippen molar-refractivity contribution in [3.63, 3.8) is 0 Å². The molecule has 2 N–H and O–H groups in total. The Bertz CT molecular complexity index is 2020. The number of ether oxygens (including phenoxy) is 4. The zero-order chi connectivity index (χ0) is 41.0. The molecule has 8 atom stereocenters. The van der Waals surface area contributed by atoms with Crippen LogP contribution in [-0.2, 0) is 68.8 Å². The van der Waals surface area contributed by atoms with Gasteiger partial charge in [-0.15, -0.1) is 0 Å². The Morgan fingerprint density at radius 1 is 0.966 bits per heavy atom. The SMILES string of the molecule is CN(C(=O)[C@@]12C[C@H]3OC(=O)[C@@H]1N(Cc1ccc(I)cc1)O[C@@H]2[C@H]1OC2(Cc4ccccc4C2)O[C@H]13)[C@H](Cc1ccccc1)C(=O)N[C@H](CO)CCC(=O)OC(C)(C)C. The van der Waals surface area contributed by atoms with Crippen molar-refractivity contribution in [1.82, 2.24) is 15.3 Å². The van der Waals surface area contributed by atoms with Gasteiger partial charge in [0.2, 0.25) is 11.8 Å². The van der Waals surface area contributed by atoms with Gasteiger partial charge in [-0.05, 0) is 84.2 Å². The predicted molar refractivity (Wildman–Crippen MR) is 217 cm³/mol. The van der Waals surface area contributed by atoms with E-state index in [1.807, 2.05) is 66.7 Å². The average Bonchev–Trinajstić information content (AvgIpc) is 3.86. The van der Waals surface area contributed by atoms with Crippen molar-refractivity contribution >= 4 is 46.3 Å². The molecule has 3 aliphatic heterocycles. The molecule has 5 aliphatic rings. The number of carbonyl (C=O) groups is 4. The lowest BCUT2D eigenvalue weighted by molar-refractivity contribution is -0.218. The standard InChI is InChI=1S/C44H50IN3O10/c1-42(2,3)55-34(50)19-18-31(25-49)46-39(51)32(20-26-10-6-5-7-11-26)47(4)41(53)44-23-33-35-36(57-43(56-35)21-28-12-8-9-13-29(28)22-43)38(44)58-48(37(44)40(52)54-33)24-27-14-16-30(45)17-15-27/h5-17,31-33,35-38,49H,18-25H2,1-4H3,(H,46,51)/t31-,32+,33+,35-,36-,37-,38+,44-/m0/s1. The summed E-state index contributed by atoms with van der Waals surface area (Å²) in [6, 6.07) is 22.2. The third kappa shape index (κ3) is 7.79. The highest BCUT2D eigenvalue weighted by molar-refractivity contribution is 14.1. The molecule has 1 saturated carbocycles. The molecular formula is C44H50IN3O10. The fourth-order valence-corrected chi connectivity index (χ4v) is 9.77. The van der Waals surface area contributed by atoms with E-state index in [9.17, 15) is 19.5 Å². The number of hydrogen-bond acceptors (Lipinski definition) is 11. The first-order valence-electron chi connectivity index (χ1n) is 19.9. The third-order valence-electron chi connectivity index (χ3n) is 12.0. The minimum Gasteiger partial charge on any atom is -0.460 e. The molecule has 2 bridgehead atoms. The van der Waals surface area contributed by atoms with E-state index in [0.717, 1.165) is 25.8 Å². The molecule has 14 heteroatoms. The Labute approximate surface area is 351 Å². The van der Waals surface area contributed by atoms with Crippen molar-refractivity contribution in [3.8, 4) is 0 Å². The van der Waals surface area contributed by atoms with Crippen LogP contribution in [0.3, 0.4) is 0 Å². The summed E-state index contributed by atoms with van der Waals surface area (Å²) in [5.74, 6) is -3.05. The number of nitrogens with zero attached hydrogens (tertiary/aromatic N) is 2. The summed E-state index contributed by atoms with van der Waals surface area (Å²) >= 11 is 2.23. The molecule has 0 unspecified atom stereocenters. The number of benzene rings is 3. The Balaban J connectivity index is 1.12. The highest BCUT2D eigenvalue weighted by Gasteiger charge is 2.77. The molecule has 8 rings (SSSR count). The largest absolute Gasteiger partial charge is 0.460 e. The number of carbonyl (C=O) groups excluding carboxylic acids is 4. The second kappa shape index (κ2) is 15.9. The average molecular weight is 908 g/mol. The maximum absolute atomic E-state index is 15.6. The van der Waals surface area contributed by atoms with Gasteiger partial charge in [-0.2, -0.15) is 5.06 Å². The zero-order valence-electron chi connectivity index (χ0n) is 33.1. The molecule has 3 heterocycles. The van der Waals surface area contributed by atoms with Crippen molar-refractivity contribution in [3.05, 3.63) is 105 Å². The van der Waals surface area contributed by atoms with Gasteiger partial charge in [-0.1, -0.05) is 66.7 Å². The Hall–Kier alpha value is -3.93. The van der Waals surface area contributed by atoms with Crippen LogP contribution in [0.15, 0.2) is 78.9 Å². The van der Waals surface area contributed by atoms with Gasteiger partial charge in [-0.3, -0.25) is 24.0 Å². The quantitative estimate of drug-likeness (QED) is 0.200. The third-order valence-corrected chi connectivity index (χ3v) is 12.7. The minimum atomic E-state index is -1.51. The molecule has 308 valence electrons. The van der Waals surface area contributed by atoms with Crippen LogP contribution in [0.1, 0.15) is 62.3 Å². The number of likely N-dealkylation sites (N-methyl/N-ethyl adjacent to an activating group) is 1. The summed E-state index contributed by atoms with van der Waals surface area (Å²) in [5, 5.41) is 14.8. The fraction of sp³-hybridized carbons (Fsp3) is 0.500. The number of fused-ring (bicyclic) bond motifs is 5. The van der Waals surface area contributed by atoms with Gasteiger partial charge in [-0.25, -0.2) is 0 Å². The fourth-order valence-electron chi connectivity index (χ4n) is 9.41. The van der Waals surface area contributed by atoms with Crippen molar-refractivity contribution < 1.29 is 48.1 Å². The second-order valence-corrected chi connectivity index (χ2v) is 18.4. The highest BCUT2D eigenvalue weighted by atomic mass is 127. The number of esters is 2. The number of amides is 2. The van der Waals surface area contributed by atoms with Gasteiger partial charge in [0, 0.05) is 42.7 Å². The molecule has 3 saturated heterocycles. The normalized spacial score (nSPS) is 27.6. The topological polar surface area (TPSA) is 153 Å². The van der Waals surface area contributed by atoms with Crippen LogP contribution in [-0.4, -0.2) is 106 Å². The van der Waals surface area contributed by atoms with Gasteiger partial charge in [0.05, 0.1) is 19.2 Å². The van der Waals surface area contributed by atoms with Gasteiger partial charge in [0.25, 0.3) is 0 Å². The summed E-state index contributed by atoms with van der Waals surface area (Å²) in [5.41, 5.74) is 1.70. The highest BCUT2D eigenvalue weighted by Crippen LogP contribution is 2.59. The number of rotatable bonds is 12. The molecule has 58 heavy (non-hydrogen) atoms. The molecule has 13 nitrogen and oxygen atoms in total. The number of hydroxylamine groups is 2. The van der Waals surface area contributed by atoms with Gasteiger partial charge in [0.1, 0.15) is 41.5 Å². The van der Waals surface area contributed by atoms with Crippen molar-refractivity contribution in [1.29, 1.82) is 0 Å². The first kappa shape index (κ1) is 40.8. The van der Waals surface area contributed by atoms with Crippen LogP contribution in [0.4, 0.5) is 0 Å². The van der Waals surface area contributed by atoms with Crippen LogP contribution in [0.2, 0.25) is 0 Å². The monoisotopic (exact) mass is 907 g/mol. The van der Waals surface area contributed by atoms with E-state index < -0.39 is 89.7 Å². The molecule has 1 spiro atoms. The number of halogens is 1. The molecule has 4 fully saturated rings. The smallest absolute Gasteiger partial charge is 0.327 e. The maximum Gasteiger partial charge on any atom is 0.327 e. The minimum absolute atomic E-state index is 0.0260. The van der Waals surface area contributed by atoms with Crippen LogP contribution in [0, 0.1) is 8.99 Å². The van der Waals surface area contributed by atoms with Crippen LogP contribution < -0.4 is 5.32 Å². The van der Waals surface area contributed by atoms with E-state index in [-0.39, 0.29) is 32.2 Å². The van der Waals surface area contributed by atoms with E-state index in [1.165, 1.54) is 4.90 Å². The lowest BCUT2D eigenvalue weighted by Crippen LogP contribution is -2.70. The number of aliphatic hydroxyl groups excluding tert-OH is 1. The van der Waals surface area contributed by atoms with E-state index in [1.54, 1.807) is 32.9 Å². The number of hydrogen-bond donors (Lipinski definition) is 2. The van der Waals surface area contributed by atoms with Crippen LogP contribution in [0.5, 0.6) is 0 Å². The van der Waals surface area contributed by atoms with E-state index >= 15 is 4.79 Å². The molecule has 3 aromatic carbocycles. The maximum atomic E-state index is 15.6. The summed E-state index contributed by atoms with van der Waals surface area (Å²) in [6.45, 7) is 5.07. The predicted octanol–water partition coefficient (Wildman–Crippen LogP) is 4.04. The summed E-state index contributed by atoms with van der Waals surface area (Å²) in [7, 11) is 1.57.